The van der Waals surface area contributed by atoms with Gasteiger partial charge in [0, 0.05) is 6.26 Å². The fourth-order valence-electron chi connectivity index (χ4n) is 0.458. The minimum atomic E-state index is -3.50. The third kappa shape index (κ3) is 1.95. The van der Waals surface area contributed by atoms with E-state index >= 15 is 0 Å². The average Bonchev–Trinajstić information content (AvgIpc) is 2.30. The van der Waals surface area contributed by atoms with Crippen molar-refractivity contribution < 1.29 is 17.2 Å². The van der Waals surface area contributed by atoms with E-state index < -0.39 is 21.3 Å². The number of aromatic nitrogens is 2. The van der Waals surface area contributed by atoms with Gasteiger partial charge in [-0.25, -0.2) is 17.2 Å². The van der Waals surface area contributed by atoms with Gasteiger partial charge in [-0.05, 0) is 0 Å². The summed E-state index contributed by atoms with van der Waals surface area (Å²) < 4.78 is 44.8. The van der Waals surface area contributed by atoms with Gasteiger partial charge in [-0.15, -0.1) is 10.2 Å². The van der Waals surface area contributed by atoms with Crippen LogP contribution in [0.3, 0.4) is 0 Å². The van der Waals surface area contributed by atoms with Crippen LogP contribution in [0.2, 0.25) is 0 Å². The highest BCUT2D eigenvalue weighted by atomic mass is 32.2. The summed E-state index contributed by atoms with van der Waals surface area (Å²) in [7, 11) is -3.50. The Balaban J connectivity index is 3.09. The molecule has 1 rings (SSSR count). The van der Waals surface area contributed by atoms with Crippen LogP contribution in [0.4, 0.5) is 8.78 Å². The van der Waals surface area contributed by atoms with Crippen molar-refractivity contribution in [3.63, 3.8) is 0 Å². The molecule has 68 valence electrons. The van der Waals surface area contributed by atoms with Gasteiger partial charge >= 0.3 is 0 Å². The van der Waals surface area contributed by atoms with Crippen molar-refractivity contribution in [1.82, 2.24) is 10.2 Å². The van der Waals surface area contributed by atoms with Crippen LogP contribution in [-0.2, 0) is 9.84 Å². The third-order valence-electron chi connectivity index (χ3n) is 0.926. The molecule has 0 amide bonds. The van der Waals surface area contributed by atoms with E-state index in [2.05, 4.69) is 10.2 Å². The van der Waals surface area contributed by atoms with E-state index in [1.165, 1.54) is 0 Å². The largest absolute Gasteiger partial charge is 0.291 e. The Bertz CT molecular complexity index is 372. The summed E-state index contributed by atoms with van der Waals surface area (Å²) in [5.41, 5.74) is 0. The summed E-state index contributed by atoms with van der Waals surface area (Å²) in [4.78, 5) is 0. The molecule has 0 bridgehead atoms. The van der Waals surface area contributed by atoms with Crippen LogP contribution >= 0.6 is 11.3 Å². The molecule has 0 unspecified atom stereocenters. The maximum Gasteiger partial charge on any atom is 0.291 e. The lowest BCUT2D eigenvalue weighted by Crippen LogP contribution is -1.95. The molecule has 0 radical (unpaired) electrons. The molecule has 0 fully saturated rings. The van der Waals surface area contributed by atoms with E-state index in [4.69, 9.17) is 0 Å². The number of hydrogen-bond donors (Lipinski definition) is 0. The quantitative estimate of drug-likeness (QED) is 0.733. The molecule has 0 saturated carbocycles. The molecular formula is C4H4F2N2O2S2. The predicted molar refractivity (Wildman–Crippen MR) is 38.0 cm³/mol. The van der Waals surface area contributed by atoms with E-state index in [9.17, 15) is 17.2 Å². The van der Waals surface area contributed by atoms with Crippen LogP contribution in [-0.4, -0.2) is 24.9 Å². The Labute approximate surface area is 71.2 Å². The minimum absolute atomic E-state index is 0.377. The smallest absolute Gasteiger partial charge is 0.221 e. The Morgan fingerprint density at radius 1 is 1.42 bits per heavy atom. The number of sulfone groups is 1. The van der Waals surface area contributed by atoms with Crippen LogP contribution in [0, 0.1) is 0 Å². The highest BCUT2D eigenvalue weighted by molar-refractivity contribution is 7.92. The summed E-state index contributed by atoms with van der Waals surface area (Å²) in [5, 5.41) is 5.56. The highest BCUT2D eigenvalue weighted by Gasteiger charge is 2.19. The molecule has 8 heteroatoms. The molecule has 0 aliphatic heterocycles. The minimum Gasteiger partial charge on any atom is -0.221 e. The number of rotatable bonds is 2. The first-order chi connectivity index (χ1) is 5.41. The fraction of sp³-hybridized carbons (Fsp3) is 0.500. The first-order valence-electron chi connectivity index (χ1n) is 2.73. The molecule has 4 nitrogen and oxygen atoms in total. The van der Waals surface area contributed by atoms with Crippen LogP contribution in [0.1, 0.15) is 11.4 Å². The maximum absolute atomic E-state index is 11.9. The maximum atomic E-state index is 11.9. The van der Waals surface area contributed by atoms with E-state index in [-0.39, 0.29) is 4.34 Å². The fourth-order valence-corrected chi connectivity index (χ4v) is 1.94. The Hall–Kier alpha value is -0.630. The van der Waals surface area contributed by atoms with E-state index in [1.807, 2.05) is 0 Å². The number of alkyl halides is 2. The second-order valence-corrected chi connectivity index (χ2v) is 5.18. The van der Waals surface area contributed by atoms with E-state index in [0.29, 0.717) is 11.3 Å². The van der Waals surface area contributed by atoms with Gasteiger partial charge in [0.05, 0.1) is 0 Å². The first kappa shape index (κ1) is 9.46. The number of halogens is 2. The van der Waals surface area contributed by atoms with Crippen molar-refractivity contribution in [2.45, 2.75) is 10.8 Å². The summed E-state index contributed by atoms with van der Waals surface area (Å²) in [6.45, 7) is 0. The van der Waals surface area contributed by atoms with Crippen LogP contribution in [0.25, 0.3) is 0 Å². The molecule has 0 spiro atoms. The molecule has 0 aliphatic carbocycles. The molecule has 0 saturated heterocycles. The molecule has 0 aromatic carbocycles. The SMILES string of the molecule is CS(=O)(=O)c1nnc(C(F)F)s1. The first-order valence-corrected chi connectivity index (χ1v) is 5.43. The summed E-state index contributed by atoms with van der Waals surface area (Å²) >= 11 is 0.388. The van der Waals surface area contributed by atoms with Gasteiger partial charge in [0.1, 0.15) is 0 Å². The van der Waals surface area contributed by atoms with Gasteiger partial charge in [-0.2, -0.15) is 0 Å². The average molecular weight is 214 g/mol. The molecule has 12 heavy (non-hydrogen) atoms. The standard InChI is InChI=1S/C4H4F2N2O2S2/c1-12(9,10)4-8-7-3(11-4)2(5)6/h2H,1H3. The lowest BCUT2D eigenvalue weighted by atomic mass is 10.8. The molecule has 1 aromatic rings. The van der Waals surface area contributed by atoms with E-state index in [0.717, 1.165) is 6.26 Å². The van der Waals surface area contributed by atoms with Crippen molar-refractivity contribution in [1.29, 1.82) is 0 Å². The Kier molecular flexibility index (Phi) is 2.38. The van der Waals surface area contributed by atoms with Crippen molar-refractivity contribution in [3.05, 3.63) is 5.01 Å². The third-order valence-corrected chi connectivity index (χ3v) is 3.53. The summed E-state index contributed by atoms with van der Waals surface area (Å²) in [5.74, 6) is 0. The summed E-state index contributed by atoms with van der Waals surface area (Å²) in [6, 6.07) is 0. The second-order valence-electron chi connectivity index (χ2n) is 1.98. The van der Waals surface area contributed by atoms with Gasteiger partial charge in [-0.1, -0.05) is 11.3 Å². The van der Waals surface area contributed by atoms with Crippen LogP contribution in [0.15, 0.2) is 4.34 Å². The van der Waals surface area contributed by atoms with E-state index in [1.54, 1.807) is 0 Å². The van der Waals surface area contributed by atoms with Crippen molar-refractivity contribution in [3.8, 4) is 0 Å². The summed E-state index contributed by atoms with van der Waals surface area (Å²) in [6.07, 6.45) is -1.87. The lowest BCUT2D eigenvalue weighted by molar-refractivity contribution is 0.150. The van der Waals surface area contributed by atoms with Crippen molar-refractivity contribution >= 4 is 21.2 Å². The lowest BCUT2D eigenvalue weighted by Gasteiger charge is -1.86. The highest BCUT2D eigenvalue weighted by Crippen LogP contribution is 2.24. The van der Waals surface area contributed by atoms with Crippen molar-refractivity contribution in [2.24, 2.45) is 0 Å². The monoisotopic (exact) mass is 214 g/mol. The van der Waals surface area contributed by atoms with Crippen LogP contribution < -0.4 is 0 Å². The van der Waals surface area contributed by atoms with Gasteiger partial charge in [0.25, 0.3) is 6.43 Å². The number of hydrogen-bond acceptors (Lipinski definition) is 5. The zero-order valence-electron chi connectivity index (χ0n) is 5.86. The predicted octanol–water partition coefficient (Wildman–Crippen LogP) is 0.879. The topological polar surface area (TPSA) is 59.9 Å². The molecule has 0 N–H and O–H groups in total. The van der Waals surface area contributed by atoms with Gasteiger partial charge in [0.15, 0.2) is 5.01 Å². The normalized spacial score (nSPS) is 12.3. The number of nitrogens with zero attached hydrogens (tertiary/aromatic N) is 2. The molecule has 0 aliphatic rings. The second kappa shape index (κ2) is 3.02. The molecule has 0 atom stereocenters. The van der Waals surface area contributed by atoms with Crippen LogP contribution in [0.5, 0.6) is 0 Å². The zero-order valence-corrected chi connectivity index (χ0v) is 7.49. The Morgan fingerprint density at radius 2 is 2.00 bits per heavy atom. The molecule has 1 aromatic heterocycles. The Morgan fingerprint density at radius 3 is 2.25 bits per heavy atom. The van der Waals surface area contributed by atoms with Crippen molar-refractivity contribution in [2.75, 3.05) is 6.26 Å². The van der Waals surface area contributed by atoms with Gasteiger partial charge < -0.3 is 0 Å². The van der Waals surface area contributed by atoms with Gasteiger partial charge in [0.2, 0.25) is 14.2 Å². The molecular weight excluding hydrogens is 210 g/mol. The molecule has 1 heterocycles. The zero-order chi connectivity index (χ0) is 9.35. The van der Waals surface area contributed by atoms with Gasteiger partial charge in [-0.3, -0.25) is 0 Å².